The molecule has 3 atom stereocenters. The Bertz CT molecular complexity index is 469. The molecule has 0 radical (unpaired) electrons. The maximum atomic E-state index is 12.3. The van der Waals surface area contributed by atoms with Gasteiger partial charge in [-0.3, -0.25) is 4.79 Å². The van der Waals surface area contributed by atoms with Gasteiger partial charge in [0.25, 0.3) is 0 Å². The molecule has 1 heterocycles. The second-order valence-electron chi connectivity index (χ2n) is 6.60. The second kappa shape index (κ2) is 6.14. The van der Waals surface area contributed by atoms with E-state index in [1.165, 1.54) is 0 Å². The fraction of sp³-hybridized carbons (Fsp3) is 0.800. The van der Waals surface area contributed by atoms with Crippen LogP contribution in [0.5, 0.6) is 0 Å². The SMILES string of the molecule is CCOC(=O)[C@H]1CC[C@H]2C[C@@H]1N(C(=O)OC(C)(C)C)C(=O)O2. The summed E-state index contributed by atoms with van der Waals surface area (Å²) in [6.07, 6.45) is -0.202. The third-order valence-electron chi connectivity index (χ3n) is 3.74. The average Bonchev–Trinajstić information content (AvgIpc) is 2.36. The molecule has 2 rings (SSSR count). The van der Waals surface area contributed by atoms with Gasteiger partial charge in [-0.25, -0.2) is 14.5 Å². The van der Waals surface area contributed by atoms with Gasteiger partial charge in [0.2, 0.25) is 0 Å². The Labute approximate surface area is 129 Å². The first-order chi connectivity index (χ1) is 10.2. The van der Waals surface area contributed by atoms with Crippen LogP contribution in [0.2, 0.25) is 0 Å². The lowest BCUT2D eigenvalue weighted by atomic mass is 9.81. The van der Waals surface area contributed by atoms with Crippen LogP contribution in [0.3, 0.4) is 0 Å². The van der Waals surface area contributed by atoms with Crippen molar-refractivity contribution < 1.29 is 28.6 Å². The van der Waals surface area contributed by atoms with Crippen molar-refractivity contribution in [1.82, 2.24) is 4.90 Å². The summed E-state index contributed by atoms with van der Waals surface area (Å²) < 4.78 is 15.6. The Morgan fingerprint density at radius 3 is 2.59 bits per heavy atom. The molecule has 0 aromatic rings. The van der Waals surface area contributed by atoms with Crippen LogP contribution in [0.4, 0.5) is 9.59 Å². The van der Waals surface area contributed by atoms with Crippen LogP contribution in [0, 0.1) is 5.92 Å². The predicted molar refractivity (Wildman–Crippen MR) is 76.1 cm³/mol. The fourth-order valence-electron chi connectivity index (χ4n) is 2.88. The minimum atomic E-state index is -0.780. The summed E-state index contributed by atoms with van der Waals surface area (Å²) >= 11 is 0. The van der Waals surface area contributed by atoms with Crippen molar-refractivity contribution in [2.45, 2.75) is 64.7 Å². The van der Waals surface area contributed by atoms with Crippen LogP contribution in [-0.2, 0) is 19.0 Å². The van der Waals surface area contributed by atoms with Gasteiger partial charge in [-0.1, -0.05) is 0 Å². The van der Waals surface area contributed by atoms with Crippen molar-refractivity contribution in [3.63, 3.8) is 0 Å². The lowest BCUT2D eigenvalue weighted by Gasteiger charge is -2.44. The molecule has 0 unspecified atom stereocenters. The summed E-state index contributed by atoms with van der Waals surface area (Å²) in [4.78, 5) is 37.5. The van der Waals surface area contributed by atoms with E-state index in [0.717, 1.165) is 4.90 Å². The topological polar surface area (TPSA) is 82.1 Å². The minimum Gasteiger partial charge on any atom is -0.466 e. The van der Waals surface area contributed by atoms with Gasteiger partial charge in [0.1, 0.15) is 11.7 Å². The molecule has 7 nitrogen and oxygen atoms in total. The van der Waals surface area contributed by atoms with E-state index in [-0.39, 0.29) is 18.7 Å². The molecule has 2 fully saturated rings. The highest BCUT2D eigenvalue weighted by Gasteiger charge is 2.50. The summed E-state index contributed by atoms with van der Waals surface area (Å²) in [5, 5.41) is 0. The van der Waals surface area contributed by atoms with E-state index in [4.69, 9.17) is 14.2 Å². The molecule has 0 spiro atoms. The highest BCUT2D eigenvalue weighted by atomic mass is 16.6. The van der Waals surface area contributed by atoms with Gasteiger partial charge in [0.15, 0.2) is 0 Å². The Hall–Kier alpha value is -1.79. The van der Waals surface area contributed by atoms with E-state index < -0.39 is 29.7 Å². The molecule has 1 aliphatic heterocycles. The zero-order valence-corrected chi connectivity index (χ0v) is 13.5. The number of hydrogen-bond donors (Lipinski definition) is 0. The third kappa shape index (κ3) is 3.51. The van der Waals surface area contributed by atoms with Crippen molar-refractivity contribution >= 4 is 18.2 Å². The summed E-state index contributed by atoms with van der Waals surface area (Å²) in [7, 11) is 0. The fourth-order valence-corrected chi connectivity index (χ4v) is 2.88. The summed E-state index contributed by atoms with van der Waals surface area (Å²) in [6.45, 7) is 7.14. The molecule has 0 aromatic carbocycles. The van der Waals surface area contributed by atoms with Gasteiger partial charge < -0.3 is 14.2 Å². The van der Waals surface area contributed by atoms with Crippen LogP contribution >= 0.6 is 0 Å². The molecule has 2 amide bonds. The van der Waals surface area contributed by atoms with Gasteiger partial charge in [-0.2, -0.15) is 0 Å². The molecule has 124 valence electrons. The van der Waals surface area contributed by atoms with E-state index in [1.54, 1.807) is 27.7 Å². The van der Waals surface area contributed by atoms with Gasteiger partial charge in [0.05, 0.1) is 18.6 Å². The van der Waals surface area contributed by atoms with E-state index in [0.29, 0.717) is 19.3 Å². The molecule has 1 saturated carbocycles. The zero-order valence-electron chi connectivity index (χ0n) is 13.5. The monoisotopic (exact) mass is 313 g/mol. The lowest BCUT2D eigenvalue weighted by Crippen LogP contribution is -2.59. The van der Waals surface area contributed by atoms with Crippen molar-refractivity contribution in [2.24, 2.45) is 5.92 Å². The highest BCUT2D eigenvalue weighted by Crippen LogP contribution is 2.36. The smallest absolute Gasteiger partial charge is 0.420 e. The summed E-state index contributed by atoms with van der Waals surface area (Å²) in [5.41, 5.74) is -0.734. The largest absolute Gasteiger partial charge is 0.466 e. The molecule has 2 aliphatic rings. The van der Waals surface area contributed by atoms with E-state index in [2.05, 4.69) is 0 Å². The van der Waals surface area contributed by atoms with Crippen LogP contribution in [0.15, 0.2) is 0 Å². The standard InChI is InChI=1S/C15H23NO6/c1-5-20-12(17)10-7-6-9-8-11(10)16(13(18)21-9)14(19)22-15(2,3)4/h9-11H,5-8H2,1-4H3/t9-,10-,11-/m0/s1. The lowest BCUT2D eigenvalue weighted by molar-refractivity contribution is -0.154. The number of carbonyl (C=O) groups excluding carboxylic acids is 3. The molecule has 0 aromatic heterocycles. The van der Waals surface area contributed by atoms with Crippen molar-refractivity contribution in [1.29, 1.82) is 0 Å². The van der Waals surface area contributed by atoms with Crippen LogP contribution in [0.1, 0.15) is 47.0 Å². The molecule has 0 N–H and O–H groups in total. The number of carbonyl (C=O) groups is 3. The average molecular weight is 313 g/mol. The number of nitrogens with zero attached hydrogens (tertiary/aromatic N) is 1. The van der Waals surface area contributed by atoms with Crippen LogP contribution in [-0.4, -0.2) is 47.4 Å². The molecule has 7 heteroatoms. The van der Waals surface area contributed by atoms with Crippen LogP contribution in [0.25, 0.3) is 0 Å². The summed E-state index contributed by atoms with van der Waals surface area (Å²) in [5.74, 6) is -0.897. The number of fused-ring (bicyclic) bond motifs is 2. The van der Waals surface area contributed by atoms with E-state index in [1.807, 2.05) is 0 Å². The Morgan fingerprint density at radius 1 is 1.32 bits per heavy atom. The maximum Gasteiger partial charge on any atom is 0.420 e. The van der Waals surface area contributed by atoms with Gasteiger partial charge in [0, 0.05) is 6.42 Å². The van der Waals surface area contributed by atoms with Crippen molar-refractivity contribution in [3.8, 4) is 0 Å². The number of esters is 1. The first-order valence-electron chi connectivity index (χ1n) is 7.62. The number of rotatable bonds is 2. The molecule has 22 heavy (non-hydrogen) atoms. The van der Waals surface area contributed by atoms with Gasteiger partial charge in [-0.05, 0) is 40.5 Å². The number of amides is 2. The molecule has 2 bridgehead atoms. The maximum absolute atomic E-state index is 12.3. The molecular weight excluding hydrogens is 290 g/mol. The minimum absolute atomic E-state index is 0.248. The summed E-state index contributed by atoms with van der Waals surface area (Å²) in [6, 6.07) is -0.561. The number of hydrogen-bond acceptors (Lipinski definition) is 6. The number of ether oxygens (including phenoxy) is 3. The molecule has 1 aliphatic carbocycles. The first kappa shape index (κ1) is 16.6. The van der Waals surface area contributed by atoms with Crippen molar-refractivity contribution in [3.05, 3.63) is 0 Å². The third-order valence-corrected chi connectivity index (χ3v) is 3.74. The first-order valence-corrected chi connectivity index (χ1v) is 7.62. The second-order valence-corrected chi connectivity index (χ2v) is 6.60. The van der Waals surface area contributed by atoms with E-state index >= 15 is 0 Å². The normalized spacial score (nSPS) is 27.9. The Balaban J connectivity index is 2.20. The van der Waals surface area contributed by atoms with Crippen molar-refractivity contribution in [2.75, 3.05) is 6.61 Å². The molecule has 1 saturated heterocycles. The zero-order chi connectivity index (χ0) is 16.5. The van der Waals surface area contributed by atoms with Crippen LogP contribution < -0.4 is 0 Å². The van der Waals surface area contributed by atoms with E-state index in [9.17, 15) is 14.4 Å². The Kier molecular flexibility index (Phi) is 4.63. The number of imide groups is 1. The van der Waals surface area contributed by atoms with Gasteiger partial charge in [-0.15, -0.1) is 0 Å². The Morgan fingerprint density at radius 2 is 2.00 bits per heavy atom. The predicted octanol–water partition coefficient (Wildman–Crippen LogP) is 2.47. The van der Waals surface area contributed by atoms with Gasteiger partial charge >= 0.3 is 18.2 Å². The molecular formula is C15H23NO6. The highest BCUT2D eigenvalue weighted by molar-refractivity contribution is 5.90. The quantitative estimate of drug-likeness (QED) is 0.575.